The number of hydrogen-bond acceptors (Lipinski definition) is 5. The lowest BCUT2D eigenvalue weighted by Crippen LogP contribution is -2.12. The first-order chi connectivity index (χ1) is 11.5. The van der Waals surface area contributed by atoms with Gasteiger partial charge < -0.3 is 9.84 Å². The van der Waals surface area contributed by atoms with Crippen LogP contribution in [-0.2, 0) is 14.3 Å². The molecule has 128 valence electrons. The molecule has 0 saturated heterocycles. The van der Waals surface area contributed by atoms with Crippen LogP contribution in [0.1, 0.15) is 43.7 Å². The van der Waals surface area contributed by atoms with Gasteiger partial charge in [-0.25, -0.2) is 0 Å². The fraction of sp³-hybridized carbons (Fsp3) is 0.333. The van der Waals surface area contributed by atoms with Gasteiger partial charge in [-0.1, -0.05) is 0 Å². The van der Waals surface area contributed by atoms with Crippen LogP contribution < -0.4 is 0 Å². The van der Waals surface area contributed by atoms with Crippen molar-refractivity contribution in [1.29, 1.82) is 0 Å². The van der Waals surface area contributed by atoms with E-state index in [0.29, 0.717) is 6.61 Å². The lowest BCUT2D eigenvalue weighted by atomic mass is 10.0. The second-order valence-electron chi connectivity index (χ2n) is 5.09. The molecule has 2 rings (SSSR count). The lowest BCUT2D eigenvalue weighted by Gasteiger charge is -2.09. The molecule has 0 aliphatic heterocycles. The predicted octanol–water partition coefficient (Wildman–Crippen LogP) is 3.02. The van der Waals surface area contributed by atoms with E-state index in [1.165, 1.54) is 0 Å². The van der Waals surface area contributed by atoms with Crippen molar-refractivity contribution in [3.63, 3.8) is 0 Å². The molecular weight excluding hydrogens is 308 g/mol. The highest BCUT2D eigenvalue weighted by Gasteiger charge is 2.15. The van der Waals surface area contributed by atoms with E-state index in [2.05, 4.69) is 9.97 Å². The molecule has 2 aromatic heterocycles. The minimum absolute atomic E-state index is 0.186. The number of carboxylic acid groups (broad SMARTS) is 1. The van der Waals surface area contributed by atoms with Crippen molar-refractivity contribution in [3.05, 3.63) is 60.2 Å². The SMILES string of the molecule is CC(C(=O)O)c1ccncc1.CCOC(=O)C(C)c1ccncc1. The van der Waals surface area contributed by atoms with Crippen molar-refractivity contribution in [2.45, 2.75) is 32.6 Å². The molecule has 2 atom stereocenters. The first-order valence-corrected chi connectivity index (χ1v) is 7.66. The molecule has 2 unspecified atom stereocenters. The van der Waals surface area contributed by atoms with Gasteiger partial charge in [-0.3, -0.25) is 19.6 Å². The van der Waals surface area contributed by atoms with Gasteiger partial charge in [-0.2, -0.15) is 0 Å². The molecule has 2 heterocycles. The number of carbonyl (C=O) groups is 2. The second kappa shape index (κ2) is 10.1. The molecule has 0 amide bonds. The van der Waals surface area contributed by atoms with Crippen LogP contribution in [0.5, 0.6) is 0 Å². The van der Waals surface area contributed by atoms with E-state index in [1.54, 1.807) is 50.8 Å². The smallest absolute Gasteiger partial charge is 0.313 e. The van der Waals surface area contributed by atoms with Crippen LogP contribution in [0, 0.1) is 0 Å². The highest BCUT2D eigenvalue weighted by atomic mass is 16.5. The molecule has 0 aliphatic carbocycles. The monoisotopic (exact) mass is 330 g/mol. The zero-order chi connectivity index (χ0) is 17.9. The van der Waals surface area contributed by atoms with Gasteiger partial charge in [0.05, 0.1) is 18.4 Å². The topological polar surface area (TPSA) is 89.4 Å². The molecule has 0 aliphatic rings. The van der Waals surface area contributed by atoms with E-state index < -0.39 is 11.9 Å². The molecule has 0 fully saturated rings. The summed E-state index contributed by atoms with van der Waals surface area (Å²) >= 11 is 0. The van der Waals surface area contributed by atoms with E-state index in [0.717, 1.165) is 11.1 Å². The highest BCUT2D eigenvalue weighted by Crippen LogP contribution is 2.15. The number of ether oxygens (including phenoxy) is 1. The van der Waals surface area contributed by atoms with Gasteiger partial charge in [0.25, 0.3) is 0 Å². The minimum Gasteiger partial charge on any atom is -0.481 e. The first-order valence-electron chi connectivity index (χ1n) is 7.66. The summed E-state index contributed by atoms with van der Waals surface area (Å²) in [4.78, 5) is 29.5. The Morgan fingerprint density at radius 1 is 0.958 bits per heavy atom. The summed E-state index contributed by atoms with van der Waals surface area (Å²) in [5.41, 5.74) is 1.72. The summed E-state index contributed by atoms with van der Waals surface area (Å²) in [6.07, 6.45) is 6.53. The van der Waals surface area contributed by atoms with Gasteiger partial charge in [0.1, 0.15) is 0 Å². The van der Waals surface area contributed by atoms with Crippen LogP contribution in [0.25, 0.3) is 0 Å². The zero-order valence-electron chi connectivity index (χ0n) is 14.0. The maximum Gasteiger partial charge on any atom is 0.313 e. The van der Waals surface area contributed by atoms with E-state index in [9.17, 15) is 9.59 Å². The number of esters is 1. The van der Waals surface area contributed by atoms with Gasteiger partial charge in [-0.05, 0) is 56.2 Å². The number of rotatable bonds is 5. The standard InChI is InChI=1S/C10H13NO2.C8H9NO2/c1-3-13-10(12)8(2)9-4-6-11-7-5-9;1-6(8(10)11)7-2-4-9-5-3-7/h4-8H,3H2,1-2H3;2-6H,1H3,(H,10,11). The molecule has 2 aromatic rings. The lowest BCUT2D eigenvalue weighted by molar-refractivity contribution is -0.144. The molecule has 0 bridgehead atoms. The third kappa shape index (κ3) is 6.16. The number of carbonyl (C=O) groups excluding carboxylic acids is 1. The number of carboxylic acids is 1. The van der Waals surface area contributed by atoms with Crippen molar-refractivity contribution < 1.29 is 19.4 Å². The van der Waals surface area contributed by atoms with Crippen LogP contribution in [0.4, 0.5) is 0 Å². The van der Waals surface area contributed by atoms with Crippen molar-refractivity contribution in [2.75, 3.05) is 6.61 Å². The molecule has 6 heteroatoms. The summed E-state index contributed by atoms with van der Waals surface area (Å²) in [6.45, 7) is 5.70. The van der Waals surface area contributed by atoms with Gasteiger partial charge in [0.15, 0.2) is 0 Å². The van der Waals surface area contributed by atoms with E-state index in [-0.39, 0.29) is 11.9 Å². The molecule has 0 radical (unpaired) electrons. The molecular formula is C18H22N2O4. The second-order valence-corrected chi connectivity index (χ2v) is 5.09. The number of nitrogens with zero attached hydrogens (tertiary/aromatic N) is 2. The fourth-order valence-corrected chi connectivity index (χ4v) is 1.85. The Kier molecular flexibility index (Phi) is 8.11. The summed E-state index contributed by atoms with van der Waals surface area (Å²) < 4.78 is 4.90. The number of aliphatic carboxylic acids is 1. The van der Waals surface area contributed by atoms with Crippen LogP contribution >= 0.6 is 0 Å². The van der Waals surface area contributed by atoms with Crippen LogP contribution in [0.2, 0.25) is 0 Å². The average Bonchev–Trinajstić information content (AvgIpc) is 2.62. The summed E-state index contributed by atoms with van der Waals surface area (Å²) in [5, 5.41) is 8.62. The Hall–Kier alpha value is -2.76. The van der Waals surface area contributed by atoms with E-state index in [4.69, 9.17) is 9.84 Å². The van der Waals surface area contributed by atoms with E-state index in [1.807, 2.05) is 19.1 Å². The number of hydrogen-bond donors (Lipinski definition) is 1. The minimum atomic E-state index is -0.809. The molecule has 0 spiro atoms. The molecule has 0 saturated carbocycles. The third-order valence-electron chi connectivity index (χ3n) is 3.42. The van der Waals surface area contributed by atoms with Gasteiger partial charge in [0, 0.05) is 24.8 Å². The Labute approximate surface area is 141 Å². The first kappa shape index (κ1) is 19.3. The Bertz CT molecular complexity index is 632. The van der Waals surface area contributed by atoms with Crippen LogP contribution in [0.3, 0.4) is 0 Å². The molecule has 24 heavy (non-hydrogen) atoms. The van der Waals surface area contributed by atoms with Crippen molar-refractivity contribution in [3.8, 4) is 0 Å². The summed E-state index contributed by atoms with van der Waals surface area (Å²) in [6, 6.07) is 7.06. The maximum atomic E-state index is 11.3. The average molecular weight is 330 g/mol. The van der Waals surface area contributed by atoms with Gasteiger partial charge in [-0.15, -0.1) is 0 Å². The van der Waals surface area contributed by atoms with Crippen LogP contribution in [0.15, 0.2) is 49.1 Å². The highest BCUT2D eigenvalue weighted by molar-refractivity contribution is 5.77. The van der Waals surface area contributed by atoms with Crippen LogP contribution in [-0.4, -0.2) is 33.6 Å². The largest absolute Gasteiger partial charge is 0.481 e. The van der Waals surface area contributed by atoms with Crippen molar-refractivity contribution in [1.82, 2.24) is 9.97 Å². The fourth-order valence-electron chi connectivity index (χ4n) is 1.85. The Morgan fingerprint density at radius 3 is 1.75 bits per heavy atom. The Balaban J connectivity index is 0.000000243. The molecule has 6 nitrogen and oxygen atoms in total. The quantitative estimate of drug-likeness (QED) is 0.848. The summed E-state index contributed by atoms with van der Waals surface area (Å²) in [7, 11) is 0. The van der Waals surface area contributed by atoms with Gasteiger partial charge >= 0.3 is 11.9 Å². The zero-order valence-corrected chi connectivity index (χ0v) is 14.0. The predicted molar refractivity (Wildman–Crippen MR) is 89.6 cm³/mol. The van der Waals surface area contributed by atoms with E-state index >= 15 is 0 Å². The number of pyridine rings is 2. The molecule has 0 aromatic carbocycles. The normalized spacial score (nSPS) is 12.3. The molecule has 1 N–H and O–H groups in total. The summed E-state index contributed by atoms with van der Waals surface area (Å²) in [5.74, 6) is -1.65. The van der Waals surface area contributed by atoms with Gasteiger partial charge in [0.2, 0.25) is 0 Å². The van der Waals surface area contributed by atoms with Crippen molar-refractivity contribution in [2.24, 2.45) is 0 Å². The number of aromatic nitrogens is 2. The van der Waals surface area contributed by atoms with Crippen molar-refractivity contribution >= 4 is 11.9 Å². The third-order valence-corrected chi connectivity index (χ3v) is 3.42. The maximum absolute atomic E-state index is 11.3. The Morgan fingerprint density at radius 2 is 1.38 bits per heavy atom.